The number of aliphatic carboxylic acids is 1. The molecule has 1 fully saturated rings. The number of ether oxygens (including phenoxy) is 4. The predicted molar refractivity (Wildman–Crippen MR) is 137 cm³/mol. The van der Waals surface area contributed by atoms with Gasteiger partial charge in [-0.3, -0.25) is 9.59 Å². The Bertz CT molecular complexity index is 552. The summed E-state index contributed by atoms with van der Waals surface area (Å²) >= 11 is 0. The molecule has 35 heavy (non-hydrogen) atoms. The van der Waals surface area contributed by atoms with Crippen LogP contribution >= 0.6 is 0 Å². The molecule has 0 aromatic rings. The summed E-state index contributed by atoms with van der Waals surface area (Å²) in [7, 11) is 9.23. The molecule has 0 saturated carbocycles. The van der Waals surface area contributed by atoms with E-state index in [1.54, 1.807) is 14.2 Å². The largest absolute Gasteiger partial charge is 0.481 e. The van der Waals surface area contributed by atoms with Crippen molar-refractivity contribution in [3.05, 3.63) is 0 Å². The van der Waals surface area contributed by atoms with Crippen molar-refractivity contribution in [3.8, 4) is 0 Å². The third kappa shape index (κ3) is 15.5. The SMILES string of the molecule is [B][C@@H]1O[C@H](COC)[C@H](OC)C1OCCCNC(=O)CCCCCCCCCCCCCCC(=O)O. The molecule has 2 radical (unpaired) electrons. The number of carboxylic acid groups (broad SMARTS) is 1. The smallest absolute Gasteiger partial charge is 0.303 e. The van der Waals surface area contributed by atoms with Gasteiger partial charge in [-0.05, 0) is 19.3 Å². The summed E-state index contributed by atoms with van der Waals surface area (Å²) in [5.74, 6) is -0.588. The van der Waals surface area contributed by atoms with Gasteiger partial charge < -0.3 is 29.4 Å². The first-order valence-electron chi connectivity index (χ1n) is 13.5. The van der Waals surface area contributed by atoms with Gasteiger partial charge in [-0.25, -0.2) is 0 Å². The van der Waals surface area contributed by atoms with Crippen LogP contribution in [-0.2, 0) is 28.5 Å². The topological polar surface area (TPSA) is 103 Å². The molecule has 1 aliphatic heterocycles. The molecule has 1 rings (SSSR count). The van der Waals surface area contributed by atoms with E-state index in [-0.39, 0.29) is 24.2 Å². The zero-order valence-electron chi connectivity index (χ0n) is 22.0. The van der Waals surface area contributed by atoms with Crippen molar-refractivity contribution in [1.82, 2.24) is 5.32 Å². The van der Waals surface area contributed by atoms with Crippen molar-refractivity contribution in [2.24, 2.45) is 0 Å². The van der Waals surface area contributed by atoms with Crippen LogP contribution in [0.25, 0.3) is 0 Å². The number of rotatable bonds is 23. The second-order valence-corrected chi connectivity index (χ2v) is 9.47. The highest BCUT2D eigenvalue weighted by Gasteiger charge is 2.42. The van der Waals surface area contributed by atoms with E-state index in [1.807, 2.05) is 0 Å². The maximum Gasteiger partial charge on any atom is 0.303 e. The Morgan fingerprint density at radius 3 is 1.89 bits per heavy atom. The number of amides is 1. The minimum atomic E-state index is -0.689. The highest BCUT2D eigenvalue weighted by Crippen LogP contribution is 2.25. The molecule has 1 heterocycles. The van der Waals surface area contributed by atoms with Gasteiger partial charge in [-0.2, -0.15) is 0 Å². The molecule has 1 saturated heterocycles. The first-order chi connectivity index (χ1) is 17.0. The molecule has 8 nitrogen and oxygen atoms in total. The van der Waals surface area contributed by atoms with Gasteiger partial charge in [0.1, 0.15) is 26.2 Å². The molecular formula is C26H48BNO7. The van der Waals surface area contributed by atoms with E-state index in [1.165, 1.54) is 44.9 Å². The quantitative estimate of drug-likeness (QED) is 0.163. The zero-order valence-corrected chi connectivity index (χ0v) is 22.0. The lowest BCUT2D eigenvalue weighted by molar-refractivity contribution is -0.137. The van der Waals surface area contributed by atoms with Crippen LogP contribution in [0.1, 0.15) is 96.3 Å². The maximum atomic E-state index is 12.0. The van der Waals surface area contributed by atoms with Gasteiger partial charge in [0.05, 0.1) is 6.61 Å². The Labute approximate surface area is 213 Å². The summed E-state index contributed by atoms with van der Waals surface area (Å²) in [6.07, 6.45) is 14.4. The molecule has 2 N–H and O–H groups in total. The highest BCUT2D eigenvalue weighted by atomic mass is 16.6. The minimum absolute atomic E-state index is 0.101. The molecule has 0 spiro atoms. The molecule has 202 valence electrons. The third-order valence-corrected chi connectivity index (χ3v) is 6.45. The molecule has 1 amide bonds. The first kappa shape index (κ1) is 31.9. The molecule has 1 unspecified atom stereocenters. The molecule has 0 aromatic carbocycles. The molecule has 9 heteroatoms. The van der Waals surface area contributed by atoms with Crippen LogP contribution in [0.4, 0.5) is 0 Å². The van der Waals surface area contributed by atoms with Gasteiger partial charge in [0.2, 0.25) is 5.91 Å². The fourth-order valence-electron chi connectivity index (χ4n) is 4.47. The predicted octanol–water partition coefficient (Wildman–Crippen LogP) is 3.98. The second-order valence-electron chi connectivity index (χ2n) is 9.47. The fourth-order valence-corrected chi connectivity index (χ4v) is 4.47. The zero-order chi connectivity index (χ0) is 25.7. The number of hydrogen-bond donors (Lipinski definition) is 2. The highest BCUT2D eigenvalue weighted by molar-refractivity contribution is 6.11. The number of carbonyl (C=O) groups is 2. The Morgan fingerprint density at radius 2 is 1.37 bits per heavy atom. The number of carboxylic acids is 1. The van der Waals surface area contributed by atoms with Crippen LogP contribution in [0.3, 0.4) is 0 Å². The van der Waals surface area contributed by atoms with Crippen LogP contribution in [-0.4, -0.2) is 83.1 Å². The maximum absolute atomic E-state index is 12.0. The molecule has 0 bridgehead atoms. The van der Waals surface area contributed by atoms with Crippen molar-refractivity contribution in [2.75, 3.05) is 34.0 Å². The number of unbranched alkanes of at least 4 members (excludes halogenated alkanes) is 11. The van der Waals surface area contributed by atoms with E-state index in [0.717, 1.165) is 32.1 Å². The summed E-state index contributed by atoms with van der Waals surface area (Å²) in [5, 5.41) is 11.6. The molecule has 4 atom stereocenters. The Kier molecular flexibility index (Phi) is 19.1. The van der Waals surface area contributed by atoms with Gasteiger partial charge in [0.15, 0.2) is 0 Å². The van der Waals surface area contributed by atoms with E-state index < -0.39 is 12.0 Å². The van der Waals surface area contributed by atoms with Crippen LogP contribution < -0.4 is 5.32 Å². The van der Waals surface area contributed by atoms with Crippen LogP contribution in [0.5, 0.6) is 0 Å². The van der Waals surface area contributed by atoms with E-state index >= 15 is 0 Å². The summed E-state index contributed by atoms with van der Waals surface area (Å²) < 4.78 is 22.1. The normalized spacial score (nSPS) is 21.9. The third-order valence-electron chi connectivity index (χ3n) is 6.45. The van der Waals surface area contributed by atoms with E-state index in [0.29, 0.717) is 39.0 Å². The Morgan fingerprint density at radius 1 is 0.829 bits per heavy atom. The average molecular weight is 497 g/mol. The average Bonchev–Trinajstić information content (AvgIpc) is 3.12. The van der Waals surface area contributed by atoms with Gasteiger partial charge in [0, 0.05) is 46.2 Å². The lowest BCUT2D eigenvalue weighted by atomic mass is 9.93. The first-order valence-corrected chi connectivity index (χ1v) is 13.5. The summed E-state index contributed by atoms with van der Waals surface area (Å²) in [5.41, 5.74) is 0. The fraction of sp³-hybridized carbons (Fsp3) is 0.923. The lowest BCUT2D eigenvalue weighted by Gasteiger charge is -2.22. The number of methoxy groups -OCH3 is 2. The number of hydrogen-bond acceptors (Lipinski definition) is 6. The van der Waals surface area contributed by atoms with Crippen molar-refractivity contribution in [2.45, 2.75) is 121 Å². The summed E-state index contributed by atoms with van der Waals surface area (Å²) in [4.78, 5) is 22.5. The van der Waals surface area contributed by atoms with Crippen molar-refractivity contribution in [3.63, 3.8) is 0 Å². The minimum Gasteiger partial charge on any atom is -0.481 e. The van der Waals surface area contributed by atoms with Gasteiger partial charge in [-0.15, -0.1) is 0 Å². The van der Waals surface area contributed by atoms with E-state index in [9.17, 15) is 9.59 Å². The van der Waals surface area contributed by atoms with Crippen molar-refractivity contribution < 1.29 is 33.6 Å². The number of carbonyl (C=O) groups excluding carboxylic acids is 1. The van der Waals surface area contributed by atoms with E-state index in [4.69, 9.17) is 31.9 Å². The molecule has 1 aliphatic rings. The van der Waals surface area contributed by atoms with Crippen LogP contribution in [0.2, 0.25) is 0 Å². The van der Waals surface area contributed by atoms with Gasteiger partial charge in [-0.1, -0.05) is 64.2 Å². The van der Waals surface area contributed by atoms with Gasteiger partial charge in [0.25, 0.3) is 0 Å². The molecule has 0 aliphatic carbocycles. The lowest BCUT2D eigenvalue weighted by Crippen LogP contribution is -2.39. The Hall–Kier alpha value is -1.16. The monoisotopic (exact) mass is 497 g/mol. The van der Waals surface area contributed by atoms with Crippen molar-refractivity contribution >= 4 is 19.7 Å². The number of nitrogens with one attached hydrogen (secondary N) is 1. The second kappa shape index (κ2) is 21.0. The van der Waals surface area contributed by atoms with E-state index in [2.05, 4.69) is 5.32 Å². The van der Waals surface area contributed by atoms with Crippen LogP contribution in [0, 0.1) is 0 Å². The molecule has 0 aromatic heterocycles. The standard InChI is InChI=1S/C26H48BNO7/c1-32-20-21-24(33-2)25(26(27)35-21)34-19-15-18-28-22(29)16-13-11-9-7-5-3-4-6-8-10-12-14-17-23(30)31/h21,24-26H,3-20H2,1-2H3,(H,28,29)(H,30,31)/t21-,24+,25?,26-/m1/s1. The van der Waals surface area contributed by atoms with Gasteiger partial charge >= 0.3 is 5.97 Å². The summed E-state index contributed by atoms with van der Waals surface area (Å²) in [6, 6.07) is -0.545. The van der Waals surface area contributed by atoms with Crippen molar-refractivity contribution in [1.29, 1.82) is 0 Å². The van der Waals surface area contributed by atoms with Crippen LogP contribution in [0.15, 0.2) is 0 Å². The molecular weight excluding hydrogens is 449 g/mol. The Balaban J connectivity index is 1.88. The summed E-state index contributed by atoms with van der Waals surface area (Å²) in [6.45, 7) is 1.47.